The molecule has 7 heteroatoms. The molecule has 0 atom stereocenters. The molecule has 0 unspecified atom stereocenters. The lowest BCUT2D eigenvalue weighted by molar-refractivity contribution is -0.128. The van der Waals surface area contributed by atoms with Gasteiger partial charge in [-0.3, -0.25) is 14.4 Å². The highest BCUT2D eigenvalue weighted by atomic mass is 16.2. The molecule has 170 valence electrons. The van der Waals surface area contributed by atoms with Crippen molar-refractivity contribution in [3.63, 3.8) is 0 Å². The Kier molecular flexibility index (Phi) is 8.18. The molecule has 0 spiro atoms. The number of hydrogen-bond acceptors (Lipinski definition) is 4. The molecule has 0 aromatic heterocycles. The lowest BCUT2D eigenvalue weighted by Crippen LogP contribution is -2.22. The maximum absolute atomic E-state index is 12.4. The van der Waals surface area contributed by atoms with Gasteiger partial charge < -0.3 is 20.9 Å². The number of nitrogens with zero attached hydrogens (tertiary/aromatic N) is 1. The first kappa shape index (κ1) is 23.5. The van der Waals surface area contributed by atoms with Crippen LogP contribution in [0, 0.1) is 0 Å². The Bertz CT molecular complexity index is 1110. The van der Waals surface area contributed by atoms with Crippen LogP contribution in [0.25, 0.3) is 0 Å². The molecule has 7 nitrogen and oxygen atoms in total. The summed E-state index contributed by atoms with van der Waals surface area (Å²) in [5, 5.41) is 8.79. The summed E-state index contributed by atoms with van der Waals surface area (Å²) in [6.07, 6.45) is 1.03. The van der Waals surface area contributed by atoms with Crippen LogP contribution >= 0.6 is 0 Å². The van der Waals surface area contributed by atoms with Crippen LogP contribution in [0.15, 0.2) is 78.9 Å². The summed E-state index contributed by atoms with van der Waals surface area (Å²) in [4.78, 5) is 38.1. The molecule has 3 aromatic carbocycles. The summed E-state index contributed by atoms with van der Waals surface area (Å²) >= 11 is 0. The van der Waals surface area contributed by atoms with Gasteiger partial charge in [-0.1, -0.05) is 36.4 Å². The SMILES string of the molecule is CN(C)C(=O)CCc1cccc(NC(=O)CNc2cccc(NC(=O)c3ccccc3)c2)c1. The van der Waals surface area contributed by atoms with Gasteiger partial charge in [-0.15, -0.1) is 0 Å². The molecular weight excluding hydrogens is 416 g/mol. The third kappa shape index (κ3) is 7.50. The fraction of sp³-hybridized carbons (Fsp3) is 0.192. The minimum atomic E-state index is -0.199. The van der Waals surface area contributed by atoms with Gasteiger partial charge in [0.2, 0.25) is 11.8 Å². The van der Waals surface area contributed by atoms with Crippen LogP contribution in [0.5, 0.6) is 0 Å². The standard InChI is InChI=1S/C26H28N4O3/c1-30(2)25(32)15-14-19-8-6-12-22(16-19)28-24(31)18-27-21-11-7-13-23(17-21)29-26(33)20-9-4-3-5-10-20/h3-13,16-17,27H,14-15,18H2,1-2H3,(H,28,31)(H,29,33). The second-order valence-corrected chi connectivity index (χ2v) is 7.79. The first-order valence-electron chi connectivity index (χ1n) is 10.7. The number of nitrogens with one attached hydrogen (secondary N) is 3. The predicted octanol–water partition coefficient (Wildman–Crippen LogP) is 4.01. The van der Waals surface area contributed by atoms with E-state index >= 15 is 0 Å². The number of hydrogen-bond donors (Lipinski definition) is 3. The van der Waals surface area contributed by atoms with E-state index in [-0.39, 0.29) is 24.3 Å². The van der Waals surface area contributed by atoms with Crippen molar-refractivity contribution in [2.24, 2.45) is 0 Å². The predicted molar refractivity (Wildman–Crippen MR) is 131 cm³/mol. The number of amides is 3. The molecule has 0 fully saturated rings. The van der Waals surface area contributed by atoms with E-state index in [2.05, 4.69) is 16.0 Å². The maximum Gasteiger partial charge on any atom is 0.255 e. The molecule has 0 bridgehead atoms. The normalized spacial score (nSPS) is 10.2. The lowest BCUT2D eigenvalue weighted by atomic mass is 10.1. The number of carbonyl (C=O) groups excluding carboxylic acids is 3. The highest BCUT2D eigenvalue weighted by Gasteiger charge is 2.08. The smallest absolute Gasteiger partial charge is 0.255 e. The van der Waals surface area contributed by atoms with Crippen LogP contribution in [0.2, 0.25) is 0 Å². The van der Waals surface area contributed by atoms with E-state index < -0.39 is 0 Å². The number of carbonyl (C=O) groups is 3. The average Bonchev–Trinajstić information content (AvgIpc) is 2.82. The second kappa shape index (κ2) is 11.5. The largest absolute Gasteiger partial charge is 0.376 e. The van der Waals surface area contributed by atoms with Crippen molar-refractivity contribution in [2.45, 2.75) is 12.8 Å². The molecule has 33 heavy (non-hydrogen) atoms. The Hall–Kier alpha value is -4.13. The fourth-order valence-corrected chi connectivity index (χ4v) is 3.17. The van der Waals surface area contributed by atoms with E-state index in [0.29, 0.717) is 35.5 Å². The monoisotopic (exact) mass is 444 g/mol. The number of benzene rings is 3. The molecule has 3 amide bonds. The van der Waals surface area contributed by atoms with Gasteiger partial charge in [-0.05, 0) is 54.4 Å². The van der Waals surface area contributed by atoms with Gasteiger partial charge in [0.05, 0.1) is 6.54 Å². The third-order valence-corrected chi connectivity index (χ3v) is 4.95. The molecule has 3 N–H and O–H groups in total. The van der Waals surface area contributed by atoms with Crippen molar-refractivity contribution in [2.75, 3.05) is 36.6 Å². The first-order valence-corrected chi connectivity index (χ1v) is 10.7. The first-order chi connectivity index (χ1) is 15.9. The van der Waals surface area contributed by atoms with Crippen LogP contribution in [0.1, 0.15) is 22.3 Å². The highest BCUT2D eigenvalue weighted by molar-refractivity contribution is 6.04. The number of aryl methyl sites for hydroxylation is 1. The summed E-state index contributed by atoms with van der Waals surface area (Å²) in [6, 6.07) is 23.7. The number of anilines is 3. The zero-order valence-corrected chi connectivity index (χ0v) is 18.8. The molecule has 0 saturated carbocycles. The summed E-state index contributed by atoms with van der Waals surface area (Å²) in [5.74, 6) is -0.330. The van der Waals surface area contributed by atoms with Gasteiger partial charge in [0.15, 0.2) is 0 Å². The zero-order chi connectivity index (χ0) is 23.6. The fourth-order valence-electron chi connectivity index (χ4n) is 3.17. The van der Waals surface area contributed by atoms with Gasteiger partial charge in [0.25, 0.3) is 5.91 Å². The molecule has 0 aliphatic rings. The number of rotatable bonds is 9. The van der Waals surface area contributed by atoms with E-state index in [0.717, 1.165) is 5.56 Å². The molecular formula is C26H28N4O3. The third-order valence-electron chi connectivity index (χ3n) is 4.95. The van der Waals surface area contributed by atoms with Gasteiger partial charge in [-0.2, -0.15) is 0 Å². The summed E-state index contributed by atoms with van der Waals surface area (Å²) in [5.41, 5.74) is 3.59. The average molecular weight is 445 g/mol. The quantitative estimate of drug-likeness (QED) is 0.465. The van der Waals surface area contributed by atoms with E-state index in [1.165, 1.54) is 0 Å². The van der Waals surface area contributed by atoms with Gasteiger partial charge in [-0.25, -0.2) is 0 Å². The van der Waals surface area contributed by atoms with E-state index in [4.69, 9.17) is 0 Å². The van der Waals surface area contributed by atoms with Gasteiger partial charge in [0, 0.05) is 43.1 Å². The Balaban J connectivity index is 1.51. The molecule has 0 heterocycles. The summed E-state index contributed by atoms with van der Waals surface area (Å²) < 4.78 is 0. The molecule has 0 saturated heterocycles. The van der Waals surface area contributed by atoms with Crippen LogP contribution < -0.4 is 16.0 Å². The molecule has 3 aromatic rings. The van der Waals surface area contributed by atoms with Crippen molar-refractivity contribution < 1.29 is 14.4 Å². The van der Waals surface area contributed by atoms with Gasteiger partial charge in [0.1, 0.15) is 0 Å². The second-order valence-electron chi connectivity index (χ2n) is 7.79. The maximum atomic E-state index is 12.4. The van der Waals surface area contributed by atoms with Crippen molar-refractivity contribution >= 4 is 34.8 Å². The molecule has 0 radical (unpaired) electrons. The molecule has 0 aliphatic carbocycles. The Morgan fingerprint density at radius 1 is 0.758 bits per heavy atom. The van der Waals surface area contributed by atoms with Crippen LogP contribution in [0.4, 0.5) is 17.1 Å². The van der Waals surface area contributed by atoms with Gasteiger partial charge >= 0.3 is 0 Å². The van der Waals surface area contributed by atoms with Crippen LogP contribution in [-0.4, -0.2) is 43.3 Å². The van der Waals surface area contributed by atoms with E-state index in [1.807, 2.05) is 48.5 Å². The van der Waals surface area contributed by atoms with Crippen molar-refractivity contribution in [1.82, 2.24) is 4.90 Å². The summed E-state index contributed by atoms with van der Waals surface area (Å²) in [6.45, 7) is 0.0689. The minimum Gasteiger partial charge on any atom is -0.376 e. The zero-order valence-electron chi connectivity index (χ0n) is 18.8. The van der Waals surface area contributed by atoms with Crippen LogP contribution in [0.3, 0.4) is 0 Å². The molecule has 3 rings (SSSR count). The Morgan fingerprint density at radius 3 is 2.15 bits per heavy atom. The molecule has 0 aliphatic heterocycles. The van der Waals surface area contributed by atoms with E-state index in [9.17, 15) is 14.4 Å². The minimum absolute atomic E-state index is 0.0656. The van der Waals surface area contributed by atoms with Crippen molar-refractivity contribution in [1.29, 1.82) is 0 Å². The Labute approximate surface area is 193 Å². The highest BCUT2D eigenvalue weighted by Crippen LogP contribution is 2.17. The Morgan fingerprint density at radius 2 is 1.42 bits per heavy atom. The summed E-state index contributed by atoms with van der Waals surface area (Å²) in [7, 11) is 3.47. The van der Waals surface area contributed by atoms with Crippen molar-refractivity contribution in [3.05, 3.63) is 90.0 Å². The lowest BCUT2D eigenvalue weighted by Gasteiger charge is -2.12. The van der Waals surface area contributed by atoms with E-state index in [1.54, 1.807) is 49.3 Å². The van der Waals surface area contributed by atoms with Crippen LogP contribution in [-0.2, 0) is 16.0 Å². The topological polar surface area (TPSA) is 90.5 Å². The van der Waals surface area contributed by atoms with Crippen molar-refractivity contribution in [3.8, 4) is 0 Å².